The van der Waals surface area contributed by atoms with E-state index in [1.54, 1.807) is 12.3 Å². The average Bonchev–Trinajstić information content (AvgIpc) is 2.27. The predicted molar refractivity (Wildman–Crippen MR) is 58.3 cm³/mol. The number of piperidine rings is 1. The first-order chi connectivity index (χ1) is 7.66. The van der Waals surface area contributed by atoms with Crippen molar-refractivity contribution in [3.05, 3.63) is 29.8 Å². The second-order valence-electron chi connectivity index (χ2n) is 4.32. The largest absolute Gasteiger partial charge is 0.299 e. The van der Waals surface area contributed by atoms with Gasteiger partial charge in [-0.05, 0) is 6.07 Å². The molecule has 0 spiro atoms. The molecule has 1 atom stereocenters. The molecule has 4 heteroatoms. The van der Waals surface area contributed by atoms with Crippen molar-refractivity contribution in [2.24, 2.45) is 5.92 Å². The van der Waals surface area contributed by atoms with Gasteiger partial charge in [-0.25, -0.2) is 4.39 Å². The van der Waals surface area contributed by atoms with Gasteiger partial charge in [0.05, 0.1) is 6.20 Å². The van der Waals surface area contributed by atoms with E-state index in [4.69, 9.17) is 0 Å². The summed E-state index contributed by atoms with van der Waals surface area (Å²) < 4.78 is 13.4. The number of aromatic nitrogens is 1. The highest BCUT2D eigenvalue weighted by Crippen LogP contribution is 2.16. The summed E-state index contributed by atoms with van der Waals surface area (Å²) in [7, 11) is 0. The fraction of sp³-hybridized carbons (Fsp3) is 0.500. The summed E-state index contributed by atoms with van der Waals surface area (Å²) in [6.07, 6.45) is 3.40. The Morgan fingerprint density at radius 2 is 2.44 bits per heavy atom. The smallest absolute Gasteiger partial charge is 0.145 e. The zero-order chi connectivity index (χ0) is 11.5. The van der Waals surface area contributed by atoms with Gasteiger partial charge in [0.25, 0.3) is 0 Å². The molecule has 1 saturated heterocycles. The molecule has 2 rings (SSSR count). The molecule has 0 N–H and O–H groups in total. The molecule has 0 unspecified atom stereocenters. The molecule has 1 aliphatic heterocycles. The molecule has 0 aliphatic carbocycles. The summed E-state index contributed by atoms with van der Waals surface area (Å²) in [5, 5.41) is 0. The van der Waals surface area contributed by atoms with Crippen LogP contribution in [-0.2, 0) is 11.3 Å². The third-order valence-corrected chi connectivity index (χ3v) is 3.01. The summed E-state index contributed by atoms with van der Waals surface area (Å²) in [6.45, 7) is 3.94. The van der Waals surface area contributed by atoms with Crippen LogP contribution in [0.1, 0.15) is 18.9 Å². The lowest BCUT2D eigenvalue weighted by Gasteiger charge is -2.29. The number of rotatable bonds is 2. The number of Topliss-reactive ketones (excluding diaryl/α,β-unsaturated/α-hetero) is 1. The maximum Gasteiger partial charge on any atom is 0.145 e. The molecule has 1 aromatic rings. The fourth-order valence-electron chi connectivity index (χ4n) is 2.01. The first-order valence-electron chi connectivity index (χ1n) is 5.50. The van der Waals surface area contributed by atoms with Crippen LogP contribution in [-0.4, -0.2) is 28.8 Å². The summed E-state index contributed by atoms with van der Waals surface area (Å²) in [5.74, 6) is 0.108. The maximum absolute atomic E-state index is 13.4. The number of ketones is 1. The average molecular weight is 222 g/mol. The Bertz CT molecular complexity index is 394. The Morgan fingerprint density at radius 1 is 1.62 bits per heavy atom. The van der Waals surface area contributed by atoms with Crippen LogP contribution in [0.25, 0.3) is 0 Å². The molecular weight excluding hydrogens is 207 g/mol. The highest BCUT2D eigenvalue weighted by atomic mass is 19.1. The third kappa shape index (κ3) is 2.44. The van der Waals surface area contributed by atoms with Gasteiger partial charge in [0.15, 0.2) is 0 Å². The van der Waals surface area contributed by atoms with Crippen molar-refractivity contribution in [3.8, 4) is 0 Å². The van der Waals surface area contributed by atoms with E-state index in [1.807, 2.05) is 6.92 Å². The number of carbonyl (C=O) groups is 1. The zero-order valence-electron chi connectivity index (χ0n) is 9.32. The molecule has 0 amide bonds. The van der Waals surface area contributed by atoms with Gasteiger partial charge in [-0.2, -0.15) is 0 Å². The lowest BCUT2D eigenvalue weighted by molar-refractivity contribution is -0.125. The molecule has 2 heterocycles. The van der Waals surface area contributed by atoms with E-state index in [-0.39, 0.29) is 11.7 Å². The first-order valence-corrected chi connectivity index (χ1v) is 5.50. The van der Waals surface area contributed by atoms with Gasteiger partial charge in [0.2, 0.25) is 0 Å². The molecule has 1 aromatic heterocycles. The quantitative estimate of drug-likeness (QED) is 0.762. The van der Waals surface area contributed by atoms with Crippen LogP contribution >= 0.6 is 0 Å². The molecular formula is C12H15FN2O. The summed E-state index contributed by atoms with van der Waals surface area (Å²) in [5.41, 5.74) is 0.650. The van der Waals surface area contributed by atoms with Crippen LogP contribution in [0.2, 0.25) is 0 Å². The number of pyridine rings is 1. The van der Waals surface area contributed by atoms with Crippen molar-refractivity contribution in [1.29, 1.82) is 0 Å². The van der Waals surface area contributed by atoms with Crippen molar-refractivity contribution in [2.75, 3.05) is 13.1 Å². The van der Waals surface area contributed by atoms with Gasteiger partial charge in [-0.3, -0.25) is 14.7 Å². The van der Waals surface area contributed by atoms with E-state index in [9.17, 15) is 9.18 Å². The maximum atomic E-state index is 13.4. The molecule has 1 fully saturated rings. The van der Waals surface area contributed by atoms with E-state index in [1.165, 1.54) is 6.20 Å². The predicted octanol–water partition coefficient (Wildman–Crippen LogP) is 1.63. The van der Waals surface area contributed by atoms with Crippen LogP contribution in [0.3, 0.4) is 0 Å². The fourth-order valence-corrected chi connectivity index (χ4v) is 2.01. The summed E-state index contributed by atoms with van der Waals surface area (Å²) in [6, 6.07) is 1.69. The van der Waals surface area contributed by atoms with E-state index < -0.39 is 0 Å². The highest BCUT2D eigenvalue weighted by Gasteiger charge is 2.23. The molecule has 3 nitrogen and oxygen atoms in total. The number of hydrogen-bond acceptors (Lipinski definition) is 3. The second-order valence-corrected chi connectivity index (χ2v) is 4.32. The first kappa shape index (κ1) is 11.2. The van der Waals surface area contributed by atoms with Crippen molar-refractivity contribution in [1.82, 2.24) is 9.88 Å². The Kier molecular flexibility index (Phi) is 3.29. The molecule has 0 aromatic carbocycles. The molecule has 0 radical (unpaired) electrons. The third-order valence-electron chi connectivity index (χ3n) is 3.01. The monoisotopic (exact) mass is 222 g/mol. The lowest BCUT2D eigenvalue weighted by Crippen LogP contribution is -2.39. The standard InChI is InChI=1S/C12H15FN2O/c1-9-7-15(5-3-12(9)16)8-10-2-4-14-6-11(10)13/h2,4,6,9H,3,5,7-8H2,1H3/t9-/m0/s1. The molecule has 0 saturated carbocycles. The van der Waals surface area contributed by atoms with Gasteiger partial charge < -0.3 is 0 Å². The highest BCUT2D eigenvalue weighted by molar-refractivity contribution is 5.81. The number of nitrogens with zero attached hydrogens (tertiary/aromatic N) is 2. The van der Waals surface area contributed by atoms with Crippen LogP contribution in [0.4, 0.5) is 4.39 Å². The summed E-state index contributed by atoms with van der Waals surface area (Å²) in [4.78, 5) is 17.2. The second kappa shape index (κ2) is 4.70. The number of halogens is 1. The zero-order valence-corrected chi connectivity index (χ0v) is 9.32. The minimum absolute atomic E-state index is 0.0682. The number of carbonyl (C=O) groups excluding carboxylic acids is 1. The lowest BCUT2D eigenvalue weighted by atomic mass is 9.98. The van der Waals surface area contributed by atoms with Crippen molar-refractivity contribution < 1.29 is 9.18 Å². The van der Waals surface area contributed by atoms with Crippen molar-refractivity contribution in [3.63, 3.8) is 0 Å². The molecule has 1 aliphatic rings. The van der Waals surface area contributed by atoms with Gasteiger partial charge >= 0.3 is 0 Å². The Balaban J connectivity index is 2.01. The van der Waals surface area contributed by atoms with Crippen molar-refractivity contribution in [2.45, 2.75) is 19.9 Å². The summed E-state index contributed by atoms with van der Waals surface area (Å²) >= 11 is 0. The van der Waals surface area contributed by atoms with Gasteiger partial charge in [-0.15, -0.1) is 0 Å². The molecule has 16 heavy (non-hydrogen) atoms. The molecule has 0 bridgehead atoms. The van der Waals surface area contributed by atoms with E-state index >= 15 is 0 Å². The minimum Gasteiger partial charge on any atom is -0.299 e. The molecule has 86 valence electrons. The van der Waals surface area contributed by atoms with Crippen LogP contribution in [0.5, 0.6) is 0 Å². The Morgan fingerprint density at radius 3 is 3.12 bits per heavy atom. The topological polar surface area (TPSA) is 33.2 Å². The van der Waals surface area contributed by atoms with Gasteiger partial charge in [0, 0.05) is 43.7 Å². The number of hydrogen-bond donors (Lipinski definition) is 0. The normalized spacial score (nSPS) is 22.4. The van der Waals surface area contributed by atoms with Gasteiger partial charge in [-0.1, -0.05) is 6.92 Å². The SMILES string of the molecule is C[C@H]1CN(Cc2ccncc2F)CCC1=O. The van der Waals surface area contributed by atoms with Crippen molar-refractivity contribution >= 4 is 5.78 Å². The van der Waals surface area contributed by atoms with Crippen LogP contribution < -0.4 is 0 Å². The van der Waals surface area contributed by atoms with Crippen LogP contribution in [0.15, 0.2) is 18.5 Å². The van der Waals surface area contributed by atoms with E-state index in [2.05, 4.69) is 9.88 Å². The Hall–Kier alpha value is -1.29. The minimum atomic E-state index is -0.271. The number of likely N-dealkylation sites (tertiary alicyclic amines) is 1. The van der Waals surface area contributed by atoms with E-state index in [0.717, 1.165) is 13.1 Å². The Labute approximate surface area is 94.3 Å². The van der Waals surface area contributed by atoms with E-state index in [0.29, 0.717) is 24.3 Å². The van der Waals surface area contributed by atoms with Crippen LogP contribution in [0, 0.1) is 11.7 Å². The van der Waals surface area contributed by atoms with Gasteiger partial charge in [0.1, 0.15) is 11.6 Å².